The zero-order chi connectivity index (χ0) is 102. The Labute approximate surface area is 662 Å². The molecule has 0 aliphatic rings. The number of hydrogen-bond donors (Lipinski definition) is 0. The first-order valence-electron chi connectivity index (χ1n) is 29.4. The molecular formula is C50H28F68O4S4. The minimum absolute atomic E-state index is 0.736. The zero-order valence-corrected chi connectivity index (χ0v) is 60.0. The summed E-state index contributed by atoms with van der Waals surface area (Å²) in [5.74, 6) is -267. The zero-order valence-electron chi connectivity index (χ0n) is 56.8. The maximum atomic E-state index is 14.8. The van der Waals surface area contributed by atoms with Gasteiger partial charge in [-0.2, -0.15) is 346 Å². The van der Waals surface area contributed by atoms with Crippen molar-refractivity contribution in [2.45, 2.75) is 227 Å². The van der Waals surface area contributed by atoms with Crippen molar-refractivity contribution in [1.82, 2.24) is 0 Å². The predicted molar refractivity (Wildman–Crippen MR) is 279 cm³/mol. The Hall–Kier alpha value is -4.68. The molecule has 0 bridgehead atoms. The van der Waals surface area contributed by atoms with Gasteiger partial charge < -0.3 is 9.47 Å². The van der Waals surface area contributed by atoms with Gasteiger partial charge in [-0.1, -0.05) is 0 Å². The van der Waals surface area contributed by atoms with Crippen LogP contribution in [0.1, 0.15) is 25.7 Å². The van der Waals surface area contributed by atoms with Crippen LogP contribution in [0.3, 0.4) is 0 Å². The largest absolute Gasteiger partial charge is 0.461 e. The molecule has 752 valence electrons. The molecule has 0 rings (SSSR count). The summed E-state index contributed by atoms with van der Waals surface area (Å²) in [5.41, 5.74) is 0. The molecule has 0 aromatic carbocycles. The van der Waals surface area contributed by atoms with Gasteiger partial charge in [-0.05, 0) is 23.0 Å². The second-order valence-corrected chi connectivity index (χ2v) is 29.4. The molecule has 2 unspecified atom stereocenters. The highest BCUT2D eigenvalue weighted by Crippen LogP contribution is 2.71. The summed E-state index contributed by atoms with van der Waals surface area (Å²) in [6, 6.07) is 0. The van der Waals surface area contributed by atoms with Gasteiger partial charge in [-0.15, -0.1) is 0 Å². The van der Waals surface area contributed by atoms with Crippen molar-refractivity contribution < 1.29 is 318 Å². The summed E-state index contributed by atoms with van der Waals surface area (Å²) in [6.45, 7) is -4.58. The normalized spacial score (nSPS) is 16.9. The molecule has 0 saturated heterocycles. The number of esters is 2. The molecule has 0 aliphatic carbocycles. The molecule has 0 aromatic heterocycles. The van der Waals surface area contributed by atoms with Crippen LogP contribution in [-0.4, -0.2) is 261 Å². The number of hydrogen-bond acceptors (Lipinski definition) is 8. The maximum absolute atomic E-state index is 14.8. The van der Waals surface area contributed by atoms with Crippen LogP contribution in [0.15, 0.2) is 12.2 Å². The monoisotopic (exact) mass is 2110 g/mol. The Balaban J connectivity index is 7.97. The fourth-order valence-electron chi connectivity index (χ4n) is 7.82. The van der Waals surface area contributed by atoms with E-state index in [1.165, 1.54) is 0 Å². The van der Waals surface area contributed by atoms with Crippen LogP contribution >= 0.6 is 47.0 Å². The first-order chi connectivity index (χ1) is 54.2. The summed E-state index contributed by atoms with van der Waals surface area (Å²) in [5, 5.41) is -5.81. The van der Waals surface area contributed by atoms with Crippen LogP contribution in [0.4, 0.5) is 299 Å². The summed E-state index contributed by atoms with van der Waals surface area (Å²) in [6.07, 6.45) is -49.3. The first-order valence-corrected chi connectivity index (χ1v) is 33.8. The minimum Gasteiger partial charge on any atom is -0.461 e. The smallest absolute Gasteiger partial charge is 0.460 e. The highest BCUT2D eigenvalue weighted by Gasteiger charge is 3.00. The molecule has 0 aromatic rings. The lowest BCUT2D eigenvalue weighted by molar-refractivity contribution is -0.461. The van der Waals surface area contributed by atoms with Crippen molar-refractivity contribution in [2.24, 2.45) is 0 Å². The molecule has 0 fully saturated rings. The van der Waals surface area contributed by atoms with Crippen molar-refractivity contribution in [1.29, 1.82) is 0 Å². The van der Waals surface area contributed by atoms with E-state index in [0.29, 0.717) is 0 Å². The second kappa shape index (κ2) is 35.6. The molecular weight excluding hydrogens is 2080 g/mol. The summed E-state index contributed by atoms with van der Waals surface area (Å²) in [4.78, 5) is 24.9. The lowest BCUT2D eigenvalue weighted by atomic mass is 9.88. The third-order valence-corrected chi connectivity index (χ3v) is 20.7. The van der Waals surface area contributed by atoms with Gasteiger partial charge in [0, 0.05) is 59.8 Å². The van der Waals surface area contributed by atoms with Crippen molar-refractivity contribution in [3.8, 4) is 0 Å². The van der Waals surface area contributed by atoms with E-state index >= 15 is 0 Å². The molecule has 126 heavy (non-hydrogen) atoms. The highest BCUT2D eigenvalue weighted by atomic mass is 32.2. The molecule has 4 nitrogen and oxygen atoms in total. The molecule has 2 atom stereocenters. The molecule has 0 N–H and O–H groups in total. The number of ether oxygens (including phenoxy) is 2. The van der Waals surface area contributed by atoms with E-state index in [-0.39, 0.29) is 0 Å². The summed E-state index contributed by atoms with van der Waals surface area (Å²) in [7, 11) is 0. The van der Waals surface area contributed by atoms with Gasteiger partial charge in [-0.3, -0.25) is 0 Å². The van der Waals surface area contributed by atoms with Gasteiger partial charge in [0.1, 0.15) is 13.2 Å². The van der Waals surface area contributed by atoms with E-state index in [2.05, 4.69) is 9.47 Å². The van der Waals surface area contributed by atoms with Crippen LogP contribution in [0, 0.1) is 0 Å². The van der Waals surface area contributed by atoms with Gasteiger partial charge in [0.15, 0.2) is 0 Å². The quantitative estimate of drug-likeness (QED) is 0.0259. The Morgan fingerprint density at radius 2 is 0.317 bits per heavy atom. The number of alkyl halides is 68. The van der Waals surface area contributed by atoms with Gasteiger partial charge in [0.2, 0.25) is 0 Å². The fourth-order valence-corrected chi connectivity index (χ4v) is 12.8. The number of carbonyl (C=O) groups excluding carboxylic acids is 2. The minimum atomic E-state index is -9.35. The first kappa shape index (κ1) is 121. The predicted octanol–water partition coefficient (Wildman–Crippen LogP) is 25.9. The summed E-state index contributed by atoms with van der Waals surface area (Å²) >= 11 is -4.38. The van der Waals surface area contributed by atoms with Crippen molar-refractivity contribution in [3.63, 3.8) is 0 Å². The topological polar surface area (TPSA) is 52.6 Å². The van der Waals surface area contributed by atoms with Gasteiger partial charge in [-0.25, -0.2) is 9.59 Å². The number of rotatable bonds is 48. The average molecular weight is 2110 g/mol. The molecule has 0 spiro atoms. The molecule has 0 saturated carbocycles. The van der Waals surface area contributed by atoms with Gasteiger partial charge >= 0.3 is 202 Å². The second-order valence-electron chi connectivity index (χ2n) is 24.3. The highest BCUT2D eigenvalue weighted by molar-refractivity contribution is 8.03. The van der Waals surface area contributed by atoms with Crippen molar-refractivity contribution in [3.05, 3.63) is 12.2 Å². The van der Waals surface area contributed by atoms with Crippen molar-refractivity contribution in [2.75, 3.05) is 47.7 Å². The SMILES string of the molecule is O=C(/C=C/C(=O)OCC(CSCCC(F)(F)C(F)(F)C(F)(F)C(F)(F)C(F)(F)C(F)(F)C(F)(F)C(F)(F)F)SCCC(F)(F)C(F)(F)C(F)(F)C(F)(F)C(F)(F)C(F)(F)C(F)(F)C(F)(F)F)OCC(CSCCC(F)(F)C(F)(F)C(F)(F)C(F)(F)C(F)(F)C(F)(F)C(F)(F)C(F)(F)F)SCCC(F)(F)C(F)(F)C(F)(F)C(F)(F)C(F)(F)C(F)(F)C(F)(F)C(F)(F)F. The third kappa shape index (κ3) is 19.5. The van der Waals surface area contributed by atoms with Crippen LogP contribution in [-0.2, 0) is 19.1 Å². The number of carbonyl (C=O) groups is 2. The van der Waals surface area contributed by atoms with E-state index in [1.807, 2.05) is 0 Å². The van der Waals surface area contributed by atoms with Crippen LogP contribution in [0.2, 0.25) is 0 Å². The van der Waals surface area contributed by atoms with Crippen molar-refractivity contribution >= 4 is 59.0 Å². The van der Waals surface area contributed by atoms with Gasteiger partial charge in [0.05, 0.1) is 0 Å². The van der Waals surface area contributed by atoms with Crippen LogP contribution in [0.25, 0.3) is 0 Å². The molecule has 76 heteroatoms. The Bertz CT molecular complexity index is 3440. The maximum Gasteiger partial charge on any atom is 0.460 e. The van der Waals surface area contributed by atoms with Crippen LogP contribution in [0.5, 0.6) is 0 Å². The molecule has 0 aliphatic heterocycles. The lowest BCUT2D eigenvalue weighted by Gasteiger charge is -2.42. The van der Waals surface area contributed by atoms with E-state index in [4.69, 9.17) is 0 Å². The summed E-state index contributed by atoms with van der Waals surface area (Å²) < 4.78 is 946. The van der Waals surface area contributed by atoms with E-state index in [0.717, 1.165) is 0 Å². The lowest BCUT2D eigenvalue weighted by Crippen LogP contribution is -2.74. The fraction of sp³-hybridized carbons (Fsp3) is 0.920. The number of halogens is 68. The molecule has 0 radical (unpaired) electrons. The Morgan fingerprint density at radius 3 is 0.460 bits per heavy atom. The van der Waals surface area contributed by atoms with E-state index in [9.17, 15) is 308 Å². The van der Waals surface area contributed by atoms with Gasteiger partial charge in [0.25, 0.3) is 0 Å². The molecule has 0 heterocycles. The van der Waals surface area contributed by atoms with E-state index in [1.54, 1.807) is 0 Å². The Kier molecular flexibility index (Phi) is 34.3. The third-order valence-electron chi connectivity index (χ3n) is 15.6. The standard InChI is InChI=1S/C50H28F68O4S4/c51-19(52,23(59,60)27(67,68)31(75,76)35(83,84)39(91,92)43(99,100)47(107,108)109)3-7-123-13-15(125-9-5-21(55,56)25(63,64)29(71,72)33(79,80)37(87,88)41(95,96)45(103,104)49(113,114)115)11-121-17(119)1-2-18(120)122-12-16(126-10-6-22(57,58)26(65,66)30(73,74)34(81,82)38(89,90)42(97,98)46(105,106)50(116,117)118)14-124-8-4-20(53,54)24(61,62)28(69,70)32(77,78)36(85,86)40(93,94)44(101,102)48(110,111)112/h1-2,15-16H,3-14H2/b2-1+. The van der Waals surface area contributed by atoms with E-state index < -0.39 is 346 Å². The Morgan fingerprint density at radius 1 is 0.190 bits per heavy atom. The number of thioether (sulfide) groups is 4. The molecule has 0 amide bonds. The van der Waals surface area contributed by atoms with Crippen LogP contribution < -0.4 is 0 Å². The average Bonchev–Trinajstić information content (AvgIpc) is 0.707.